The molecule has 10 heteroatoms. The van der Waals surface area contributed by atoms with Crippen LogP contribution in [0.2, 0.25) is 0 Å². The second-order valence-corrected chi connectivity index (χ2v) is 9.95. The van der Waals surface area contributed by atoms with Crippen molar-refractivity contribution >= 4 is 29.0 Å². The average Bonchev–Trinajstić information content (AvgIpc) is 2.96. The Morgan fingerprint density at radius 3 is 2.33 bits per heavy atom. The van der Waals surface area contributed by atoms with E-state index in [-0.39, 0.29) is 17.5 Å². The maximum atomic E-state index is 12.8. The van der Waals surface area contributed by atoms with E-state index in [9.17, 15) is 14.4 Å². The van der Waals surface area contributed by atoms with Crippen molar-refractivity contribution in [2.45, 2.75) is 13.8 Å². The summed E-state index contributed by atoms with van der Waals surface area (Å²) >= 11 is 0. The highest BCUT2D eigenvalue weighted by atomic mass is 16.2. The van der Waals surface area contributed by atoms with Gasteiger partial charge in [-0.25, -0.2) is 10.1 Å². The molecule has 0 radical (unpaired) electrons. The molecular weight excluding hydrogens is 506 g/mol. The van der Waals surface area contributed by atoms with Gasteiger partial charge in [-0.05, 0) is 62.9 Å². The summed E-state index contributed by atoms with van der Waals surface area (Å²) in [6, 6.07) is 17.9. The number of piperazine rings is 1. The lowest BCUT2D eigenvalue weighted by Gasteiger charge is -2.32. The zero-order chi connectivity index (χ0) is 28.2. The van der Waals surface area contributed by atoms with Crippen LogP contribution in [0.5, 0.6) is 0 Å². The van der Waals surface area contributed by atoms with Gasteiger partial charge < -0.3 is 20.4 Å². The number of carbonyl (C=O) groups is 2. The van der Waals surface area contributed by atoms with Gasteiger partial charge >= 0.3 is 0 Å². The molecule has 0 unspecified atom stereocenters. The molecule has 4 aromatic rings. The number of aromatic amines is 1. The van der Waals surface area contributed by atoms with Crippen molar-refractivity contribution in [3.63, 3.8) is 0 Å². The normalized spacial score (nSPS) is 13.6. The van der Waals surface area contributed by atoms with Gasteiger partial charge in [-0.3, -0.25) is 14.4 Å². The van der Waals surface area contributed by atoms with Crippen molar-refractivity contribution in [1.29, 1.82) is 0 Å². The van der Waals surface area contributed by atoms with Crippen molar-refractivity contribution in [3.05, 3.63) is 99.5 Å². The molecule has 0 bridgehead atoms. The predicted molar refractivity (Wildman–Crippen MR) is 155 cm³/mol. The third kappa shape index (κ3) is 5.92. The first kappa shape index (κ1) is 26.8. The lowest BCUT2D eigenvalue weighted by molar-refractivity contribution is 0.0663. The molecule has 204 valence electrons. The van der Waals surface area contributed by atoms with Crippen LogP contribution in [0.3, 0.4) is 0 Å². The Balaban J connectivity index is 1.32. The molecule has 3 N–H and O–H groups in total. The van der Waals surface area contributed by atoms with Crippen LogP contribution in [-0.2, 0) is 0 Å². The third-order valence-electron chi connectivity index (χ3n) is 7.04. The molecule has 0 saturated carbocycles. The van der Waals surface area contributed by atoms with Gasteiger partial charge in [-0.1, -0.05) is 29.8 Å². The van der Waals surface area contributed by atoms with Crippen LogP contribution >= 0.6 is 0 Å². The summed E-state index contributed by atoms with van der Waals surface area (Å²) in [6.45, 7) is 6.90. The van der Waals surface area contributed by atoms with Crippen LogP contribution in [0.25, 0.3) is 11.3 Å². The third-order valence-corrected chi connectivity index (χ3v) is 7.04. The van der Waals surface area contributed by atoms with Crippen LogP contribution in [0.15, 0.2) is 71.7 Å². The minimum Gasteiger partial charge on any atom is -0.336 e. The lowest BCUT2D eigenvalue weighted by Crippen LogP contribution is -2.47. The molecule has 1 fully saturated rings. The number of aromatic nitrogens is 3. The first-order valence-electron chi connectivity index (χ1n) is 13.1. The number of carbonyl (C=O) groups excluding carboxylic acids is 2. The van der Waals surface area contributed by atoms with Crippen LogP contribution in [0, 0.1) is 13.8 Å². The Hall–Kier alpha value is -4.83. The summed E-state index contributed by atoms with van der Waals surface area (Å²) in [5, 5.41) is 12.8. The molecule has 0 spiro atoms. The van der Waals surface area contributed by atoms with Gasteiger partial charge in [0.05, 0.1) is 11.3 Å². The zero-order valence-corrected chi connectivity index (χ0v) is 22.7. The number of aryl methyl sites for hydroxylation is 1. The molecule has 2 amide bonds. The number of likely N-dealkylation sites (N-methyl/N-ethyl adjacent to an activating group) is 1. The maximum absolute atomic E-state index is 12.8. The number of benzene rings is 2. The standard InChI is InChI=1S/C30H31N7O3/c1-19-7-9-21(10-8-19)28(38)33-24-6-4-5-23(20(24)2)25-17-26(29(39)35-34-25)32-27-12-11-22(18-31-27)30(40)37-15-13-36(3)14-16-37/h4-12,17-18H,13-16H2,1-3H3,(H,33,38)(H,35,39)(H,31,32,34). The Kier molecular flexibility index (Phi) is 7.70. The summed E-state index contributed by atoms with van der Waals surface area (Å²) in [7, 11) is 2.04. The number of nitrogens with one attached hydrogen (secondary N) is 3. The number of anilines is 3. The second kappa shape index (κ2) is 11.5. The number of hydrogen-bond donors (Lipinski definition) is 3. The summed E-state index contributed by atoms with van der Waals surface area (Å²) < 4.78 is 0. The van der Waals surface area contributed by atoms with Gasteiger partial charge in [0, 0.05) is 49.2 Å². The molecule has 2 aromatic heterocycles. The molecule has 1 aliphatic rings. The quantitative estimate of drug-likeness (QED) is 0.342. The number of pyridine rings is 1. The Morgan fingerprint density at radius 2 is 1.62 bits per heavy atom. The molecule has 1 aliphatic heterocycles. The summed E-state index contributed by atoms with van der Waals surface area (Å²) in [6.07, 6.45) is 1.52. The maximum Gasteiger partial charge on any atom is 0.287 e. The average molecular weight is 538 g/mol. The smallest absolute Gasteiger partial charge is 0.287 e. The molecule has 5 rings (SSSR count). The molecule has 0 aliphatic carbocycles. The molecular formula is C30H31N7O3. The number of hydrogen-bond acceptors (Lipinski definition) is 7. The highest BCUT2D eigenvalue weighted by molar-refractivity contribution is 6.05. The van der Waals surface area contributed by atoms with E-state index in [0.717, 1.165) is 29.8 Å². The molecule has 10 nitrogen and oxygen atoms in total. The van der Waals surface area contributed by atoms with E-state index in [2.05, 4.69) is 30.7 Å². The van der Waals surface area contributed by atoms with E-state index in [1.54, 1.807) is 30.3 Å². The van der Waals surface area contributed by atoms with Crippen molar-refractivity contribution in [3.8, 4) is 11.3 Å². The Bertz CT molecular complexity index is 1590. The van der Waals surface area contributed by atoms with Crippen molar-refractivity contribution in [2.24, 2.45) is 0 Å². The van der Waals surface area contributed by atoms with Gasteiger partial charge in [-0.2, -0.15) is 5.10 Å². The van der Waals surface area contributed by atoms with Gasteiger partial charge in [0.1, 0.15) is 11.5 Å². The van der Waals surface area contributed by atoms with Gasteiger partial charge in [-0.15, -0.1) is 0 Å². The van der Waals surface area contributed by atoms with Crippen molar-refractivity contribution < 1.29 is 9.59 Å². The molecule has 1 saturated heterocycles. The minimum atomic E-state index is -0.412. The van der Waals surface area contributed by atoms with Crippen LogP contribution in [0.4, 0.5) is 17.2 Å². The summed E-state index contributed by atoms with van der Waals surface area (Å²) in [4.78, 5) is 46.5. The van der Waals surface area contributed by atoms with E-state index >= 15 is 0 Å². The minimum absolute atomic E-state index is 0.0546. The van der Waals surface area contributed by atoms with E-state index < -0.39 is 5.56 Å². The molecule has 3 heterocycles. The predicted octanol–water partition coefficient (Wildman–Crippen LogP) is 3.83. The number of amides is 2. The fraction of sp³-hybridized carbons (Fsp3) is 0.233. The van der Waals surface area contributed by atoms with Crippen LogP contribution < -0.4 is 16.2 Å². The first-order valence-corrected chi connectivity index (χ1v) is 13.1. The van der Waals surface area contributed by atoms with Crippen molar-refractivity contribution in [2.75, 3.05) is 43.9 Å². The number of nitrogens with zero attached hydrogens (tertiary/aromatic N) is 4. The SMILES string of the molecule is Cc1ccc(C(=O)Nc2cccc(-c3cc(Nc4ccc(C(=O)N5CCN(C)CC5)cn4)c(=O)[nH]n3)c2C)cc1. The molecule has 40 heavy (non-hydrogen) atoms. The highest BCUT2D eigenvalue weighted by Gasteiger charge is 2.20. The summed E-state index contributed by atoms with van der Waals surface area (Å²) in [5.74, 6) is 0.159. The lowest BCUT2D eigenvalue weighted by atomic mass is 10.0. The Morgan fingerprint density at radius 1 is 0.900 bits per heavy atom. The summed E-state index contributed by atoms with van der Waals surface area (Å²) in [5.41, 5.74) is 4.70. The van der Waals surface area contributed by atoms with Gasteiger partial charge in [0.15, 0.2) is 0 Å². The molecule has 0 atom stereocenters. The topological polar surface area (TPSA) is 123 Å². The van der Waals surface area contributed by atoms with E-state index in [0.29, 0.717) is 41.4 Å². The monoisotopic (exact) mass is 537 g/mol. The highest BCUT2D eigenvalue weighted by Crippen LogP contribution is 2.28. The van der Waals surface area contributed by atoms with E-state index in [1.807, 2.05) is 56.1 Å². The van der Waals surface area contributed by atoms with Crippen LogP contribution in [-0.4, -0.2) is 70.0 Å². The Labute approximate surface area is 232 Å². The van der Waals surface area contributed by atoms with E-state index in [4.69, 9.17) is 0 Å². The second-order valence-electron chi connectivity index (χ2n) is 9.95. The fourth-order valence-corrected chi connectivity index (χ4v) is 4.51. The largest absolute Gasteiger partial charge is 0.336 e. The van der Waals surface area contributed by atoms with Crippen LogP contribution in [0.1, 0.15) is 31.8 Å². The van der Waals surface area contributed by atoms with Gasteiger partial charge in [0.2, 0.25) is 0 Å². The molecule has 2 aromatic carbocycles. The number of rotatable bonds is 6. The van der Waals surface area contributed by atoms with Crippen molar-refractivity contribution in [1.82, 2.24) is 25.0 Å². The van der Waals surface area contributed by atoms with Gasteiger partial charge in [0.25, 0.3) is 17.4 Å². The van der Waals surface area contributed by atoms with E-state index in [1.165, 1.54) is 6.20 Å². The zero-order valence-electron chi connectivity index (χ0n) is 22.7. The number of H-pyrrole nitrogens is 1. The fourth-order valence-electron chi connectivity index (χ4n) is 4.51. The first-order chi connectivity index (χ1) is 19.3.